The van der Waals surface area contributed by atoms with Gasteiger partial charge in [0.1, 0.15) is 18.1 Å². The lowest BCUT2D eigenvalue weighted by Crippen LogP contribution is -2.58. The second-order valence-electron chi connectivity index (χ2n) is 7.08. The van der Waals surface area contributed by atoms with E-state index in [2.05, 4.69) is 28.6 Å². The fourth-order valence-corrected chi connectivity index (χ4v) is 2.72. The number of hydrogen-bond donors (Lipinski definition) is 8. The molecule has 0 aromatic heterocycles. The first-order valence-corrected chi connectivity index (χ1v) is 10.6. The van der Waals surface area contributed by atoms with Crippen molar-refractivity contribution in [2.75, 3.05) is 18.9 Å². The third kappa shape index (κ3) is 9.74. The van der Waals surface area contributed by atoms with Gasteiger partial charge in [0.2, 0.25) is 17.7 Å². The van der Waals surface area contributed by atoms with E-state index < -0.39 is 54.5 Å². The van der Waals surface area contributed by atoms with Crippen LogP contribution in [0, 0.1) is 5.92 Å². The molecule has 11 nitrogen and oxygen atoms in total. The summed E-state index contributed by atoms with van der Waals surface area (Å²) in [6.45, 7) is 3.30. The molecule has 0 rings (SSSR count). The summed E-state index contributed by atoms with van der Waals surface area (Å²) in [7, 11) is 0. The van der Waals surface area contributed by atoms with Gasteiger partial charge < -0.3 is 37.6 Å². The first-order valence-electron chi connectivity index (χ1n) is 9.94. The molecule has 30 heavy (non-hydrogen) atoms. The van der Waals surface area contributed by atoms with Gasteiger partial charge in [-0.1, -0.05) is 20.3 Å². The molecule has 0 radical (unpaired) electrons. The predicted octanol–water partition coefficient (Wildman–Crippen LogP) is -2.05. The van der Waals surface area contributed by atoms with Crippen LogP contribution in [0.4, 0.5) is 0 Å². The van der Waals surface area contributed by atoms with Crippen molar-refractivity contribution in [2.24, 2.45) is 17.4 Å². The largest absolute Gasteiger partial charge is 0.480 e. The highest BCUT2D eigenvalue weighted by molar-refractivity contribution is 7.80. The first kappa shape index (κ1) is 28.1. The van der Waals surface area contributed by atoms with E-state index in [9.17, 15) is 19.2 Å². The second-order valence-corrected chi connectivity index (χ2v) is 7.45. The SMILES string of the molecule is CCC(C)C(N)C(=O)NC(CS)C(=O)NC(CCCCN)C(=O)NC(CO)C(=O)O. The minimum Gasteiger partial charge on any atom is -0.480 e. The Kier molecular flexibility index (Phi) is 14.0. The van der Waals surface area contributed by atoms with Crippen molar-refractivity contribution in [3.05, 3.63) is 0 Å². The number of nitrogens with two attached hydrogens (primary N) is 2. The van der Waals surface area contributed by atoms with E-state index in [0.717, 1.165) is 0 Å². The maximum atomic E-state index is 12.6. The van der Waals surface area contributed by atoms with Crippen LogP contribution in [0.25, 0.3) is 0 Å². The number of rotatable bonds is 15. The van der Waals surface area contributed by atoms with Gasteiger partial charge in [-0.15, -0.1) is 0 Å². The summed E-state index contributed by atoms with van der Waals surface area (Å²) in [6, 6.07) is -4.40. The lowest BCUT2D eigenvalue weighted by Gasteiger charge is -2.25. The summed E-state index contributed by atoms with van der Waals surface area (Å²) in [4.78, 5) is 48.4. The number of carboxylic acid groups (broad SMARTS) is 1. The van der Waals surface area contributed by atoms with E-state index in [1.54, 1.807) is 0 Å². The number of aliphatic carboxylic acids is 1. The molecule has 9 N–H and O–H groups in total. The van der Waals surface area contributed by atoms with Crippen LogP contribution in [0.3, 0.4) is 0 Å². The molecule has 0 saturated carbocycles. The van der Waals surface area contributed by atoms with Crippen LogP contribution in [-0.4, -0.2) is 77.0 Å². The molecule has 0 saturated heterocycles. The normalized spacial score (nSPS) is 15.9. The van der Waals surface area contributed by atoms with Gasteiger partial charge in [0, 0.05) is 5.75 Å². The van der Waals surface area contributed by atoms with Gasteiger partial charge in [0.25, 0.3) is 0 Å². The Hall–Kier alpha value is -1.89. The number of thiol groups is 1. The Balaban J connectivity index is 5.19. The van der Waals surface area contributed by atoms with Crippen LogP contribution in [0.1, 0.15) is 39.5 Å². The lowest BCUT2D eigenvalue weighted by atomic mass is 9.99. The molecule has 0 aromatic carbocycles. The molecule has 12 heteroatoms. The zero-order valence-electron chi connectivity index (χ0n) is 17.5. The van der Waals surface area contributed by atoms with Crippen molar-refractivity contribution in [1.82, 2.24) is 16.0 Å². The van der Waals surface area contributed by atoms with Gasteiger partial charge >= 0.3 is 5.97 Å². The number of carbonyl (C=O) groups excluding carboxylic acids is 3. The van der Waals surface area contributed by atoms with Crippen molar-refractivity contribution in [1.29, 1.82) is 0 Å². The summed E-state index contributed by atoms with van der Waals surface area (Å²) >= 11 is 4.09. The number of unbranched alkanes of at least 4 members (excludes halogenated alkanes) is 1. The summed E-state index contributed by atoms with van der Waals surface area (Å²) in [5.41, 5.74) is 11.3. The van der Waals surface area contributed by atoms with Gasteiger partial charge in [-0.2, -0.15) is 12.6 Å². The van der Waals surface area contributed by atoms with Crippen molar-refractivity contribution >= 4 is 36.3 Å². The molecular weight excluding hydrogens is 414 g/mol. The number of carboxylic acids is 1. The summed E-state index contributed by atoms with van der Waals surface area (Å²) < 4.78 is 0. The standard InChI is InChI=1S/C18H35N5O6S/c1-3-10(2)14(20)17(27)23-13(9-30)16(26)21-11(6-4-5-7-19)15(25)22-12(8-24)18(28)29/h10-14,24,30H,3-9,19-20H2,1-2H3,(H,21,26)(H,22,25)(H,23,27)(H,28,29). The monoisotopic (exact) mass is 449 g/mol. The summed E-state index contributed by atoms with van der Waals surface area (Å²) in [6.07, 6.45) is 1.98. The molecule has 0 spiro atoms. The summed E-state index contributed by atoms with van der Waals surface area (Å²) in [5.74, 6) is -3.45. The number of aliphatic hydroxyl groups is 1. The van der Waals surface area contributed by atoms with Crippen molar-refractivity contribution in [3.8, 4) is 0 Å². The highest BCUT2D eigenvalue weighted by Gasteiger charge is 2.30. The van der Waals surface area contributed by atoms with Crippen molar-refractivity contribution in [3.63, 3.8) is 0 Å². The number of amides is 3. The van der Waals surface area contributed by atoms with E-state index in [-0.39, 0.29) is 18.1 Å². The third-order valence-corrected chi connectivity index (χ3v) is 5.12. The Morgan fingerprint density at radius 2 is 1.50 bits per heavy atom. The Morgan fingerprint density at radius 1 is 0.967 bits per heavy atom. The fraction of sp³-hybridized carbons (Fsp3) is 0.778. The maximum Gasteiger partial charge on any atom is 0.328 e. The van der Waals surface area contributed by atoms with Gasteiger partial charge in [0.05, 0.1) is 12.6 Å². The zero-order chi connectivity index (χ0) is 23.3. The Bertz CT molecular complexity index is 579. The van der Waals surface area contributed by atoms with Crippen LogP contribution in [0.2, 0.25) is 0 Å². The number of hydrogen-bond acceptors (Lipinski definition) is 8. The molecule has 5 atom stereocenters. The van der Waals surface area contributed by atoms with Crippen LogP contribution in [0.5, 0.6) is 0 Å². The van der Waals surface area contributed by atoms with Crippen LogP contribution in [-0.2, 0) is 19.2 Å². The van der Waals surface area contributed by atoms with Crippen molar-refractivity contribution < 1.29 is 29.4 Å². The molecule has 0 aliphatic rings. The molecule has 5 unspecified atom stereocenters. The highest BCUT2D eigenvalue weighted by Crippen LogP contribution is 2.07. The molecule has 0 bridgehead atoms. The lowest BCUT2D eigenvalue weighted by molar-refractivity contribution is -0.143. The van der Waals surface area contributed by atoms with Gasteiger partial charge in [-0.3, -0.25) is 14.4 Å². The average Bonchev–Trinajstić information content (AvgIpc) is 2.72. The van der Waals surface area contributed by atoms with E-state index in [1.165, 1.54) is 0 Å². The Morgan fingerprint density at radius 3 is 1.97 bits per heavy atom. The number of carbonyl (C=O) groups is 4. The second kappa shape index (κ2) is 15.0. The molecule has 174 valence electrons. The average molecular weight is 450 g/mol. The fourth-order valence-electron chi connectivity index (χ4n) is 2.47. The topological polar surface area (TPSA) is 197 Å². The smallest absolute Gasteiger partial charge is 0.328 e. The molecule has 3 amide bonds. The summed E-state index contributed by atoms with van der Waals surface area (Å²) in [5, 5.41) is 25.3. The van der Waals surface area contributed by atoms with Gasteiger partial charge in [-0.25, -0.2) is 4.79 Å². The minimum atomic E-state index is -1.50. The quantitative estimate of drug-likeness (QED) is 0.103. The zero-order valence-corrected chi connectivity index (χ0v) is 18.4. The molecule has 0 aliphatic heterocycles. The van der Waals surface area contributed by atoms with Gasteiger partial charge in [0.15, 0.2) is 0 Å². The minimum absolute atomic E-state index is 0.0314. The highest BCUT2D eigenvalue weighted by atomic mass is 32.1. The van der Waals surface area contributed by atoms with E-state index >= 15 is 0 Å². The van der Waals surface area contributed by atoms with Crippen molar-refractivity contribution in [2.45, 2.75) is 63.7 Å². The first-order chi connectivity index (χ1) is 14.1. The maximum absolute atomic E-state index is 12.6. The Labute approximate surface area is 182 Å². The van der Waals surface area contributed by atoms with E-state index in [1.807, 2.05) is 13.8 Å². The van der Waals surface area contributed by atoms with E-state index in [4.69, 9.17) is 21.7 Å². The van der Waals surface area contributed by atoms with Gasteiger partial charge in [-0.05, 0) is 31.7 Å². The molecular formula is C18H35N5O6S. The molecule has 0 aliphatic carbocycles. The van der Waals surface area contributed by atoms with Crippen LogP contribution < -0.4 is 27.4 Å². The molecule has 0 fully saturated rings. The molecule has 0 aromatic rings. The number of nitrogens with one attached hydrogen (secondary N) is 3. The third-order valence-electron chi connectivity index (χ3n) is 4.75. The van der Waals surface area contributed by atoms with Crippen LogP contribution >= 0.6 is 12.6 Å². The van der Waals surface area contributed by atoms with Crippen LogP contribution in [0.15, 0.2) is 0 Å². The molecule has 0 heterocycles. The number of aliphatic hydroxyl groups excluding tert-OH is 1. The predicted molar refractivity (Wildman–Crippen MR) is 115 cm³/mol. The van der Waals surface area contributed by atoms with E-state index in [0.29, 0.717) is 25.8 Å².